The predicted molar refractivity (Wildman–Crippen MR) is 107 cm³/mol. The lowest BCUT2D eigenvalue weighted by Crippen LogP contribution is -2.12. The average Bonchev–Trinajstić information content (AvgIpc) is 2.92. The van der Waals surface area contributed by atoms with E-state index in [1.807, 2.05) is 44.2 Å². The average molecular weight is 367 g/mol. The van der Waals surface area contributed by atoms with Crippen LogP contribution in [0.25, 0.3) is 10.2 Å². The number of carbonyl (C=O) groups is 2. The first-order valence-corrected chi connectivity index (χ1v) is 9.26. The Hall–Kier alpha value is -2.73. The maximum atomic E-state index is 12.2. The first kappa shape index (κ1) is 18.1. The highest BCUT2D eigenvalue weighted by Gasteiger charge is 2.08. The second-order valence-corrected chi connectivity index (χ2v) is 7.46. The summed E-state index contributed by atoms with van der Waals surface area (Å²) in [5, 5.41) is 6.26. The van der Waals surface area contributed by atoms with Crippen molar-refractivity contribution in [1.82, 2.24) is 4.98 Å². The molecule has 0 atom stereocenters. The van der Waals surface area contributed by atoms with Crippen molar-refractivity contribution in [2.75, 3.05) is 10.6 Å². The molecule has 0 aliphatic rings. The number of amides is 2. The topological polar surface area (TPSA) is 71.1 Å². The van der Waals surface area contributed by atoms with Crippen LogP contribution in [-0.2, 0) is 16.0 Å². The Morgan fingerprint density at radius 2 is 1.77 bits per heavy atom. The number of benzene rings is 2. The Balaban J connectivity index is 1.63. The quantitative estimate of drug-likeness (QED) is 0.700. The molecule has 0 fully saturated rings. The van der Waals surface area contributed by atoms with Gasteiger partial charge in [0.1, 0.15) is 0 Å². The molecule has 0 saturated heterocycles. The van der Waals surface area contributed by atoms with Crippen LogP contribution >= 0.6 is 11.3 Å². The molecule has 1 heterocycles. The number of anilines is 2. The third-order valence-corrected chi connectivity index (χ3v) is 4.82. The van der Waals surface area contributed by atoms with Crippen molar-refractivity contribution in [1.29, 1.82) is 0 Å². The van der Waals surface area contributed by atoms with Gasteiger partial charge in [0, 0.05) is 19.0 Å². The molecule has 0 saturated carbocycles. The Morgan fingerprint density at radius 3 is 2.46 bits per heavy atom. The summed E-state index contributed by atoms with van der Waals surface area (Å²) in [6.45, 7) is 5.50. The smallest absolute Gasteiger partial charge is 0.224 e. The van der Waals surface area contributed by atoms with Gasteiger partial charge < -0.3 is 10.6 Å². The second kappa shape index (κ2) is 7.66. The van der Waals surface area contributed by atoms with E-state index in [2.05, 4.69) is 21.7 Å². The van der Waals surface area contributed by atoms with Gasteiger partial charge >= 0.3 is 0 Å². The summed E-state index contributed by atoms with van der Waals surface area (Å²) < 4.78 is 1.00. The number of fused-ring (bicyclic) bond motifs is 1. The van der Waals surface area contributed by atoms with Gasteiger partial charge in [-0.05, 0) is 61.2 Å². The first-order valence-electron chi connectivity index (χ1n) is 8.44. The van der Waals surface area contributed by atoms with Crippen molar-refractivity contribution in [3.63, 3.8) is 0 Å². The lowest BCUT2D eigenvalue weighted by molar-refractivity contribution is -0.116. The van der Waals surface area contributed by atoms with Crippen molar-refractivity contribution < 1.29 is 9.59 Å². The van der Waals surface area contributed by atoms with Crippen LogP contribution in [0.1, 0.15) is 30.0 Å². The van der Waals surface area contributed by atoms with E-state index < -0.39 is 0 Å². The van der Waals surface area contributed by atoms with Crippen molar-refractivity contribution in [3.8, 4) is 0 Å². The summed E-state index contributed by atoms with van der Waals surface area (Å²) in [4.78, 5) is 27.7. The fourth-order valence-corrected chi connectivity index (χ4v) is 3.83. The van der Waals surface area contributed by atoms with Crippen LogP contribution in [0, 0.1) is 13.8 Å². The lowest BCUT2D eigenvalue weighted by Gasteiger charge is -2.07. The number of nitrogens with zero attached hydrogens (tertiary/aromatic N) is 1. The standard InChI is InChI=1S/C20H21N3O2S/c1-12-8-13(2)10-16(9-12)22-19(25)7-5-15-4-6-17-18(11-15)26-20(23-17)21-14(3)24/h4,6,8-11H,5,7H2,1-3H3,(H,22,25)(H,21,23,24). The molecule has 0 radical (unpaired) electrons. The van der Waals surface area contributed by atoms with Crippen LogP contribution in [0.5, 0.6) is 0 Å². The molecule has 2 amide bonds. The van der Waals surface area contributed by atoms with Gasteiger partial charge in [0.25, 0.3) is 0 Å². The number of hydrogen-bond acceptors (Lipinski definition) is 4. The highest BCUT2D eigenvalue weighted by atomic mass is 32.1. The molecule has 0 bridgehead atoms. The molecule has 26 heavy (non-hydrogen) atoms. The molecule has 0 aliphatic carbocycles. The number of hydrogen-bond donors (Lipinski definition) is 2. The molecule has 0 unspecified atom stereocenters. The van der Waals surface area contributed by atoms with E-state index in [1.54, 1.807) is 0 Å². The van der Waals surface area contributed by atoms with Gasteiger partial charge in [-0.15, -0.1) is 0 Å². The van der Waals surface area contributed by atoms with E-state index in [9.17, 15) is 9.59 Å². The lowest BCUT2D eigenvalue weighted by atomic mass is 10.1. The van der Waals surface area contributed by atoms with Gasteiger partial charge in [-0.25, -0.2) is 4.98 Å². The van der Waals surface area contributed by atoms with Crippen LogP contribution in [0.2, 0.25) is 0 Å². The van der Waals surface area contributed by atoms with E-state index in [0.29, 0.717) is 18.0 Å². The monoisotopic (exact) mass is 367 g/mol. The molecule has 6 heteroatoms. The number of carbonyl (C=O) groups excluding carboxylic acids is 2. The molecule has 2 N–H and O–H groups in total. The predicted octanol–water partition coefficient (Wildman–Crippen LogP) is 4.44. The number of thiazole rings is 1. The summed E-state index contributed by atoms with van der Waals surface area (Å²) in [6, 6.07) is 11.9. The molecular formula is C20H21N3O2S. The SMILES string of the molecule is CC(=O)Nc1nc2ccc(CCC(=O)Nc3cc(C)cc(C)c3)cc2s1. The van der Waals surface area contributed by atoms with Crippen molar-refractivity contribution >= 4 is 44.2 Å². The van der Waals surface area contributed by atoms with Crippen molar-refractivity contribution in [2.45, 2.75) is 33.6 Å². The minimum absolute atomic E-state index is 0.00154. The zero-order valence-electron chi connectivity index (χ0n) is 15.1. The fourth-order valence-electron chi connectivity index (χ4n) is 2.86. The van der Waals surface area contributed by atoms with Crippen LogP contribution in [0.15, 0.2) is 36.4 Å². The fraction of sp³-hybridized carbons (Fsp3) is 0.250. The van der Waals surface area contributed by atoms with Crippen molar-refractivity contribution in [2.24, 2.45) is 0 Å². The molecule has 2 aromatic carbocycles. The van der Waals surface area contributed by atoms with Crippen LogP contribution in [0.4, 0.5) is 10.8 Å². The van der Waals surface area contributed by atoms with Crippen LogP contribution in [-0.4, -0.2) is 16.8 Å². The third-order valence-electron chi connectivity index (χ3n) is 3.88. The van der Waals surface area contributed by atoms with Gasteiger partial charge in [0.15, 0.2) is 5.13 Å². The molecule has 0 aliphatic heterocycles. The van der Waals surface area contributed by atoms with Gasteiger partial charge in [-0.1, -0.05) is 23.5 Å². The number of nitrogens with one attached hydrogen (secondary N) is 2. The number of aromatic nitrogens is 1. The van der Waals surface area contributed by atoms with Crippen LogP contribution in [0.3, 0.4) is 0 Å². The zero-order valence-corrected chi connectivity index (χ0v) is 15.9. The maximum absolute atomic E-state index is 12.2. The van der Waals surface area contributed by atoms with E-state index in [4.69, 9.17) is 0 Å². The van der Waals surface area contributed by atoms with E-state index in [-0.39, 0.29) is 11.8 Å². The molecular weight excluding hydrogens is 346 g/mol. The van der Waals surface area contributed by atoms with Gasteiger partial charge in [-0.3, -0.25) is 9.59 Å². The Morgan fingerprint density at radius 1 is 1.04 bits per heavy atom. The summed E-state index contributed by atoms with van der Waals surface area (Å²) >= 11 is 1.44. The highest BCUT2D eigenvalue weighted by molar-refractivity contribution is 7.22. The van der Waals surface area contributed by atoms with E-state index >= 15 is 0 Å². The zero-order chi connectivity index (χ0) is 18.7. The van der Waals surface area contributed by atoms with Crippen molar-refractivity contribution in [3.05, 3.63) is 53.1 Å². The van der Waals surface area contributed by atoms with Gasteiger partial charge in [0.05, 0.1) is 10.2 Å². The number of rotatable bonds is 5. The largest absolute Gasteiger partial charge is 0.326 e. The highest BCUT2D eigenvalue weighted by Crippen LogP contribution is 2.27. The normalized spacial score (nSPS) is 10.7. The summed E-state index contributed by atoms with van der Waals surface area (Å²) in [5.74, 6) is -0.134. The maximum Gasteiger partial charge on any atom is 0.224 e. The second-order valence-electron chi connectivity index (χ2n) is 6.43. The summed E-state index contributed by atoms with van der Waals surface area (Å²) in [6.07, 6.45) is 1.07. The summed E-state index contributed by atoms with van der Waals surface area (Å²) in [7, 11) is 0. The molecule has 3 aromatic rings. The Labute approximate surface area is 156 Å². The molecule has 134 valence electrons. The van der Waals surface area contributed by atoms with Gasteiger partial charge in [0.2, 0.25) is 11.8 Å². The minimum Gasteiger partial charge on any atom is -0.326 e. The van der Waals surface area contributed by atoms with Gasteiger partial charge in [-0.2, -0.15) is 0 Å². The molecule has 0 spiro atoms. The van der Waals surface area contributed by atoms with E-state index in [0.717, 1.165) is 32.6 Å². The summed E-state index contributed by atoms with van der Waals surface area (Å²) in [5.41, 5.74) is 5.02. The molecule has 1 aromatic heterocycles. The molecule has 3 rings (SSSR count). The van der Waals surface area contributed by atoms with E-state index in [1.165, 1.54) is 18.3 Å². The Bertz CT molecular complexity index is 958. The molecule has 5 nitrogen and oxygen atoms in total. The number of aryl methyl sites for hydroxylation is 3. The first-order chi connectivity index (χ1) is 12.4. The Kier molecular flexibility index (Phi) is 5.32. The minimum atomic E-state index is -0.132. The van der Waals surface area contributed by atoms with Crippen LogP contribution < -0.4 is 10.6 Å². The third kappa shape index (κ3) is 4.67.